The number of aromatic carboxylic acids is 1. The summed E-state index contributed by atoms with van der Waals surface area (Å²) in [5.41, 5.74) is -1.03. The highest BCUT2D eigenvalue weighted by atomic mass is 35.5. The summed E-state index contributed by atoms with van der Waals surface area (Å²) in [6.07, 6.45) is 1.17. The van der Waals surface area contributed by atoms with Crippen molar-refractivity contribution >= 4 is 28.6 Å². The van der Waals surface area contributed by atoms with E-state index in [2.05, 4.69) is 4.98 Å². The van der Waals surface area contributed by atoms with Gasteiger partial charge in [0.15, 0.2) is 11.0 Å². The van der Waals surface area contributed by atoms with Crippen molar-refractivity contribution in [2.45, 2.75) is 13.5 Å². The molecule has 2 heterocycles. The van der Waals surface area contributed by atoms with Crippen molar-refractivity contribution in [3.8, 4) is 0 Å². The molecule has 0 aliphatic rings. The van der Waals surface area contributed by atoms with E-state index in [0.29, 0.717) is 6.54 Å². The molecule has 5 nitrogen and oxygen atoms in total. The van der Waals surface area contributed by atoms with Gasteiger partial charge in [0.05, 0.1) is 5.39 Å². The number of nitrogens with zero attached hydrogens (tertiary/aromatic N) is 2. The van der Waals surface area contributed by atoms with Crippen LogP contribution in [0.1, 0.15) is 17.3 Å². The Labute approximate surface area is 105 Å². The quantitative estimate of drug-likeness (QED) is 0.846. The van der Waals surface area contributed by atoms with E-state index in [9.17, 15) is 14.0 Å². The van der Waals surface area contributed by atoms with E-state index in [1.54, 1.807) is 6.92 Å². The number of rotatable bonds is 2. The second-order valence-corrected chi connectivity index (χ2v) is 3.95. The first-order chi connectivity index (χ1) is 8.45. The van der Waals surface area contributed by atoms with E-state index in [1.807, 2.05) is 0 Å². The van der Waals surface area contributed by atoms with Crippen LogP contribution in [0, 0.1) is 5.82 Å². The van der Waals surface area contributed by atoms with Crippen LogP contribution in [0.15, 0.2) is 17.1 Å². The number of hydrogen-bond donors (Lipinski definition) is 1. The van der Waals surface area contributed by atoms with Gasteiger partial charge >= 0.3 is 5.97 Å². The van der Waals surface area contributed by atoms with Crippen LogP contribution in [0.5, 0.6) is 0 Å². The van der Waals surface area contributed by atoms with Gasteiger partial charge in [-0.2, -0.15) is 0 Å². The van der Waals surface area contributed by atoms with Crippen LogP contribution in [-0.2, 0) is 6.54 Å². The Balaban J connectivity index is 2.99. The third-order valence-electron chi connectivity index (χ3n) is 2.53. The molecule has 2 aromatic rings. The van der Waals surface area contributed by atoms with E-state index in [1.165, 1.54) is 10.8 Å². The van der Waals surface area contributed by atoms with Crippen molar-refractivity contribution < 1.29 is 14.3 Å². The Morgan fingerprint density at radius 1 is 1.61 bits per heavy atom. The van der Waals surface area contributed by atoms with Gasteiger partial charge in [0.25, 0.3) is 0 Å². The number of aromatic nitrogens is 2. The van der Waals surface area contributed by atoms with Crippen LogP contribution in [0.25, 0.3) is 11.0 Å². The maximum atomic E-state index is 13.3. The Morgan fingerprint density at radius 2 is 2.28 bits per heavy atom. The number of aryl methyl sites for hydroxylation is 1. The minimum atomic E-state index is -1.36. The van der Waals surface area contributed by atoms with Gasteiger partial charge in [-0.3, -0.25) is 4.79 Å². The molecular formula is C11H8ClFN2O3. The molecule has 2 rings (SSSR count). The largest absolute Gasteiger partial charge is 0.477 e. The van der Waals surface area contributed by atoms with E-state index < -0.39 is 22.8 Å². The summed E-state index contributed by atoms with van der Waals surface area (Å²) in [6, 6.07) is 0.908. The molecule has 0 unspecified atom stereocenters. The van der Waals surface area contributed by atoms with Gasteiger partial charge in [0.1, 0.15) is 11.2 Å². The Kier molecular flexibility index (Phi) is 3.04. The number of pyridine rings is 2. The van der Waals surface area contributed by atoms with Gasteiger partial charge in [-0.1, -0.05) is 11.6 Å². The van der Waals surface area contributed by atoms with E-state index in [-0.39, 0.29) is 16.2 Å². The second-order valence-electron chi connectivity index (χ2n) is 3.60. The molecule has 0 saturated heterocycles. The molecule has 0 aliphatic carbocycles. The molecule has 0 atom stereocenters. The van der Waals surface area contributed by atoms with Crippen LogP contribution in [0.2, 0.25) is 5.15 Å². The fourth-order valence-electron chi connectivity index (χ4n) is 1.66. The van der Waals surface area contributed by atoms with Crippen LogP contribution >= 0.6 is 11.6 Å². The highest BCUT2D eigenvalue weighted by Crippen LogP contribution is 2.17. The number of carboxylic acid groups (broad SMARTS) is 1. The number of halogens is 2. The summed E-state index contributed by atoms with van der Waals surface area (Å²) >= 11 is 5.55. The molecule has 94 valence electrons. The molecule has 2 aromatic heterocycles. The van der Waals surface area contributed by atoms with Gasteiger partial charge in [0.2, 0.25) is 5.43 Å². The van der Waals surface area contributed by atoms with E-state index in [4.69, 9.17) is 16.7 Å². The third kappa shape index (κ3) is 1.84. The van der Waals surface area contributed by atoms with Gasteiger partial charge in [-0.15, -0.1) is 0 Å². The lowest BCUT2D eigenvalue weighted by Crippen LogP contribution is -2.19. The summed E-state index contributed by atoms with van der Waals surface area (Å²) in [5, 5.41) is 8.46. The van der Waals surface area contributed by atoms with Crippen molar-refractivity contribution in [2.75, 3.05) is 0 Å². The van der Waals surface area contributed by atoms with Crippen LogP contribution in [0.3, 0.4) is 0 Å². The molecule has 0 aliphatic heterocycles. The summed E-state index contributed by atoms with van der Waals surface area (Å²) in [6.45, 7) is 2.13. The molecule has 0 fully saturated rings. The summed E-state index contributed by atoms with van der Waals surface area (Å²) in [5.74, 6) is -2.22. The molecular weight excluding hydrogens is 263 g/mol. The standard InChI is InChI=1S/C11H8ClFN2O3/c1-2-15-4-6(11(17)18)8(16)5-3-7(13)9(12)14-10(5)15/h3-4H,2H2,1H3,(H,17,18). The zero-order chi connectivity index (χ0) is 13.4. The molecule has 0 saturated carbocycles. The Morgan fingerprint density at radius 3 is 2.83 bits per heavy atom. The number of hydrogen-bond acceptors (Lipinski definition) is 3. The fraction of sp³-hybridized carbons (Fsp3) is 0.182. The average Bonchev–Trinajstić information content (AvgIpc) is 2.32. The number of carbonyl (C=O) groups is 1. The fourth-order valence-corrected chi connectivity index (χ4v) is 1.79. The normalized spacial score (nSPS) is 10.8. The van der Waals surface area contributed by atoms with Gasteiger partial charge < -0.3 is 9.67 Å². The zero-order valence-corrected chi connectivity index (χ0v) is 10.0. The van der Waals surface area contributed by atoms with Crippen molar-refractivity contribution in [2.24, 2.45) is 0 Å². The first kappa shape index (κ1) is 12.5. The van der Waals surface area contributed by atoms with Crippen molar-refractivity contribution in [1.82, 2.24) is 9.55 Å². The van der Waals surface area contributed by atoms with Crippen molar-refractivity contribution in [3.05, 3.63) is 39.0 Å². The number of fused-ring (bicyclic) bond motifs is 1. The molecule has 0 bridgehead atoms. The molecule has 0 radical (unpaired) electrons. The van der Waals surface area contributed by atoms with Crippen molar-refractivity contribution in [3.63, 3.8) is 0 Å². The molecule has 0 spiro atoms. The average molecular weight is 271 g/mol. The van der Waals surface area contributed by atoms with Gasteiger partial charge in [-0.25, -0.2) is 14.2 Å². The summed E-state index contributed by atoms with van der Waals surface area (Å²) in [7, 11) is 0. The SMILES string of the molecule is CCn1cc(C(=O)O)c(=O)c2cc(F)c(Cl)nc21. The third-order valence-corrected chi connectivity index (χ3v) is 2.80. The van der Waals surface area contributed by atoms with Crippen LogP contribution in [-0.4, -0.2) is 20.6 Å². The highest BCUT2D eigenvalue weighted by molar-refractivity contribution is 6.29. The van der Waals surface area contributed by atoms with Gasteiger partial charge in [0, 0.05) is 12.7 Å². The lowest BCUT2D eigenvalue weighted by atomic mass is 10.2. The minimum absolute atomic E-state index is 0.0985. The molecule has 0 aromatic carbocycles. The minimum Gasteiger partial charge on any atom is -0.477 e. The monoisotopic (exact) mass is 270 g/mol. The summed E-state index contributed by atoms with van der Waals surface area (Å²) < 4.78 is 14.7. The zero-order valence-electron chi connectivity index (χ0n) is 9.28. The van der Waals surface area contributed by atoms with E-state index >= 15 is 0 Å². The van der Waals surface area contributed by atoms with Crippen molar-refractivity contribution in [1.29, 1.82) is 0 Å². The maximum absolute atomic E-state index is 13.3. The lowest BCUT2D eigenvalue weighted by molar-refractivity contribution is 0.0695. The first-order valence-corrected chi connectivity index (χ1v) is 5.46. The smallest absolute Gasteiger partial charge is 0.341 e. The first-order valence-electron chi connectivity index (χ1n) is 5.08. The second kappa shape index (κ2) is 4.38. The summed E-state index contributed by atoms with van der Waals surface area (Å²) in [4.78, 5) is 26.6. The molecule has 0 amide bonds. The van der Waals surface area contributed by atoms with E-state index in [0.717, 1.165) is 6.07 Å². The predicted molar refractivity (Wildman–Crippen MR) is 63.6 cm³/mol. The Hall–Kier alpha value is -1.95. The highest BCUT2D eigenvalue weighted by Gasteiger charge is 2.16. The van der Waals surface area contributed by atoms with Crippen LogP contribution in [0.4, 0.5) is 4.39 Å². The molecule has 7 heteroatoms. The molecule has 18 heavy (non-hydrogen) atoms. The lowest BCUT2D eigenvalue weighted by Gasteiger charge is -2.09. The maximum Gasteiger partial charge on any atom is 0.341 e. The van der Waals surface area contributed by atoms with Gasteiger partial charge in [-0.05, 0) is 13.0 Å². The Bertz CT molecular complexity index is 711. The topological polar surface area (TPSA) is 72.2 Å². The molecule has 1 N–H and O–H groups in total. The number of carboxylic acids is 1. The predicted octanol–water partition coefficient (Wildman–Crippen LogP) is 1.91. The van der Waals surface area contributed by atoms with Crippen LogP contribution < -0.4 is 5.43 Å².